The minimum absolute atomic E-state index is 0. The Balaban J connectivity index is 0.000001000. The van der Waals surface area contributed by atoms with E-state index in [0.717, 1.165) is 26.2 Å². The summed E-state index contributed by atoms with van der Waals surface area (Å²) in [6.45, 7) is 5.95. The number of ketones is 1. The topological polar surface area (TPSA) is 34.4 Å². The fourth-order valence-corrected chi connectivity index (χ4v) is 1.12. The van der Waals surface area contributed by atoms with E-state index in [1.54, 1.807) is 6.92 Å². The molecule has 0 aliphatic carbocycles. The van der Waals surface area contributed by atoms with Crippen molar-refractivity contribution in [3.05, 3.63) is 5.32 Å². The average molecular weight is 227 g/mol. The van der Waals surface area contributed by atoms with Crippen molar-refractivity contribution in [3.8, 4) is 0 Å². The standard InChI is InChI=1S/C7H13N2O.Rb/c1-7(10)6-9-4-2-8-3-5-9;/h2-6H2,1H3;/q-1;+1. The SMILES string of the molecule is CC(=O)CN1CC[N-]CC1.[Rb+]. The second kappa shape index (κ2) is 6.86. The van der Waals surface area contributed by atoms with Gasteiger partial charge < -0.3 is 5.32 Å². The number of rotatable bonds is 2. The third-order valence-electron chi connectivity index (χ3n) is 1.59. The minimum atomic E-state index is 0. The molecule has 0 saturated carbocycles. The smallest absolute Gasteiger partial charge is 0.660 e. The van der Waals surface area contributed by atoms with Crippen molar-refractivity contribution >= 4 is 5.78 Å². The zero-order valence-corrected chi connectivity index (χ0v) is 12.3. The largest absolute Gasteiger partial charge is 1.00 e. The summed E-state index contributed by atoms with van der Waals surface area (Å²) in [6, 6.07) is 0. The summed E-state index contributed by atoms with van der Waals surface area (Å²) >= 11 is 0. The van der Waals surface area contributed by atoms with Gasteiger partial charge in [-0.3, -0.25) is 9.69 Å². The molecular formula is C7H13N2ORb. The van der Waals surface area contributed by atoms with Gasteiger partial charge >= 0.3 is 58.2 Å². The van der Waals surface area contributed by atoms with Crippen LogP contribution in [0.3, 0.4) is 0 Å². The van der Waals surface area contributed by atoms with Gasteiger partial charge in [0.05, 0.1) is 6.54 Å². The predicted octanol–water partition coefficient (Wildman–Crippen LogP) is -2.73. The van der Waals surface area contributed by atoms with E-state index in [1.165, 1.54) is 0 Å². The van der Waals surface area contributed by atoms with Crippen LogP contribution < -0.4 is 58.2 Å². The van der Waals surface area contributed by atoms with Crippen LogP contribution in [-0.2, 0) is 4.79 Å². The van der Waals surface area contributed by atoms with Gasteiger partial charge in [-0.15, -0.1) is 13.1 Å². The molecule has 58 valence electrons. The van der Waals surface area contributed by atoms with E-state index >= 15 is 0 Å². The van der Waals surface area contributed by atoms with E-state index in [9.17, 15) is 4.79 Å². The third kappa shape index (κ3) is 5.61. The van der Waals surface area contributed by atoms with Crippen LogP contribution in [0.1, 0.15) is 6.92 Å². The summed E-state index contributed by atoms with van der Waals surface area (Å²) in [7, 11) is 0. The number of carbonyl (C=O) groups excluding carboxylic acids is 1. The molecule has 0 aromatic rings. The van der Waals surface area contributed by atoms with Crippen LogP contribution in [0.25, 0.3) is 5.32 Å². The van der Waals surface area contributed by atoms with Gasteiger partial charge in [0.2, 0.25) is 0 Å². The molecule has 0 unspecified atom stereocenters. The normalized spacial score (nSPS) is 19.0. The molecule has 0 amide bonds. The van der Waals surface area contributed by atoms with Gasteiger partial charge in [0.15, 0.2) is 0 Å². The van der Waals surface area contributed by atoms with Crippen LogP contribution in [0.4, 0.5) is 0 Å². The van der Waals surface area contributed by atoms with Crippen molar-refractivity contribution < 1.29 is 63.0 Å². The summed E-state index contributed by atoms with van der Waals surface area (Å²) in [5.41, 5.74) is 0. The van der Waals surface area contributed by atoms with Crippen LogP contribution in [0.5, 0.6) is 0 Å². The summed E-state index contributed by atoms with van der Waals surface area (Å²) in [5, 5.41) is 4.18. The second-order valence-corrected chi connectivity index (χ2v) is 2.65. The molecule has 3 nitrogen and oxygen atoms in total. The van der Waals surface area contributed by atoms with Crippen molar-refractivity contribution in [1.82, 2.24) is 4.90 Å². The first-order chi connectivity index (χ1) is 4.79. The maximum Gasteiger partial charge on any atom is 1.00 e. The minimum Gasteiger partial charge on any atom is -0.660 e. The quantitative estimate of drug-likeness (QED) is 0.513. The van der Waals surface area contributed by atoms with Crippen LogP contribution in [0.2, 0.25) is 0 Å². The molecule has 1 aliphatic rings. The van der Waals surface area contributed by atoms with Gasteiger partial charge in [0.1, 0.15) is 5.78 Å². The molecule has 0 N–H and O–H groups in total. The van der Waals surface area contributed by atoms with Crippen LogP contribution in [-0.4, -0.2) is 43.4 Å². The molecule has 11 heavy (non-hydrogen) atoms. The van der Waals surface area contributed by atoms with Gasteiger partial charge in [-0.25, -0.2) is 0 Å². The molecule has 0 aromatic carbocycles. The Bertz CT molecular complexity index is 124. The maximum atomic E-state index is 10.6. The van der Waals surface area contributed by atoms with Gasteiger partial charge in [-0.05, 0) is 20.0 Å². The van der Waals surface area contributed by atoms with E-state index < -0.39 is 0 Å². The average Bonchev–Trinajstić information content (AvgIpc) is 1.88. The molecule has 0 aromatic heterocycles. The summed E-state index contributed by atoms with van der Waals surface area (Å²) in [5.74, 6) is 0.252. The van der Waals surface area contributed by atoms with Gasteiger partial charge in [-0.2, -0.15) is 0 Å². The summed E-state index contributed by atoms with van der Waals surface area (Å²) < 4.78 is 0. The monoisotopic (exact) mass is 226 g/mol. The zero-order chi connectivity index (χ0) is 7.40. The molecule has 1 fully saturated rings. The van der Waals surface area contributed by atoms with E-state index in [0.29, 0.717) is 6.54 Å². The summed E-state index contributed by atoms with van der Waals surface area (Å²) in [4.78, 5) is 12.8. The van der Waals surface area contributed by atoms with E-state index in [1.807, 2.05) is 0 Å². The van der Waals surface area contributed by atoms with Gasteiger partial charge in [0.25, 0.3) is 0 Å². The number of nitrogens with zero attached hydrogens (tertiary/aromatic N) is 2. The molecule has 1 saturated heterocycles. The molecule has 0 spiro atoms. The van der Waals surface area contributed by atoms with Crippen LogP contribution in [0, 0.1) is 0 Å². The van der Waals surface area contributed by atoms with Crippen molar-refractivity contribution in [1.29, 1.82) is 0 Å². The summed E-state index contributed by atoms with van der Waals surface area (Å²) in [6.07, 6.45) is 0. The van der Waals surface area contributed by atoms with Gasteiger partial charge in [0, 0.05) is 0 Å². The Morgan fingerprint density at radius 3 is 2.45 bits per heavy atom. The Kier molecular flexibility index (Phi) is 7.73. The fraction of sp³-hybridized carbons (Fsp3) is 0.857. The van der Waals surface area contributed by atoms with E-state index in [-0.39, 0.29) is 64.0 Å². The van der Waals surface area contributed by atoms with E-state index in [4.69, 9.17) is 0 Å². The van der Waals surface area contributed by atoms with Crippen molar-refractivity contribution in [2.75, 3.05) is 32.7 Å². The van der Waals surface area contributed by atoms with Crippen molar-refractivity contribution in [2.24, 2.45) is 0 Å². The Hall–Kier alpha value is 1.40. The van der Waals surface area contributed by atoms with Crippen LogP contribution in [0.15, 0.2) is 0 Å². The van der Waals surface area contributed by atoms with Crippen molar-refractivity contribution in [2.45, 2.75) is 6.92 Å². The van der Waals surface area contributed by atoms with Crippen LogP contribution >= 0.6 is 0 Å². The third-order valence-corrected chi connectivity index (χ3v) is 1.59. The molecular weight excluding hydrogens is 214 g/mol. The first kappa shape index (κ1) is 12.4. The molecule has 4 heteroatoms. The number of carbonyl (C=O) groups is 1. The first-order valence-corrected chi connectivity index (χ1v) is 3.64. The Labute approximate surface area is 117 Å². The maximum absolute atomic E-state index is 10.6. The Morgan fingerprint density at radius 2 is 2.00 bits per heavy atom. The number of hydrogen-bond donors (Lipinski definition) is 0. The zero-order valence-electron chi connectivity index (χ0n) is 7.34. The molecule has 1 heterocycles. The van der Waals surface area contributed by atoms with E-state index in [2.05, 4.69) is 10.2 Å². The first-order valence-electron chi connectivity index (χ1n) is 3.64. The Morgan fingerprint density at radius 1 is 1.45 bits per heavy atom. The molecule has 0 radical (unpaired) electrons. The second-order valence-electron chi connectivity index (χ2n) is 2.65. The predicted molar refractivity (Wildman–Crippen MR) is 40.2 cm³/mol. The fourth-order valence-electron chi connectivity index (χ4n) is 1.12. The molecule has 0 bridgehead atoms. The molecule has 1 aliphatic heterocycles. The van der Waals surface area contributed by atoms with Crippen molar-refractivity contribution in [3.63, 3.8) is 0 Å². The number of Topliss-reactive ketones (excluding diaryl/α,β-unsaturated/α-hetero) is 1. The molecule has 1 rings (SSSR count). The number of hydrogen-bond acceptors (Lipinski definition) is 2. The number of piperazine rings is 1. The molecule has 0 atom stereocenters. The van der Waals surface area contributed by atoms with Gasteiger partial charge in [-0.1, -0.05) is 0 Å².